The van der Waals surface area contributed by atoms with Crippen LogP contribution in [0.5, 0.6) is 11.5 Å². The molecule has 7 nitrogen and oxygen atoms in total. The molecule has 0 aliphatic heterocycles. The minimum Gasteiger partial charge on any atom is -0.495 e. The standard InChI is InChI=1S/C21H20N2O5S/c1-27-20-10-6-5-9-19(20)23-29(25,26)18-13-11-16(12-14-18)22-21(24)15-28-17-7-3-2-4-8-17/h2-14,23H,15H2,1H3,(H,22,24). The maximum absolute atomic E-state index is 12.6. The van der Waals surface area contributed by atoms with Crippen LogP contribution in [0.4, 0.5) is 11.4 Å². The molecular weight excluding hydrogens is 392 g/mol. The largest absolute Gasteiger partial charge is 0.495 e. The molecule has 0 aromatic heterocycles. The molecule has 0 saturated heterocycles. The molecule has 0 radical (unpaired) electrons. The van der Waals surface area contributed by atoms with Crippen LogP contribution in [0.15, 0.2) is 83.8 Å². The fourth-order valence-corrected chi connectivity index (χ4v) is 3.58. The first-order valence-electron chi connectivity index (χ1n) is 8.71. The lowest BCUT2D eigenvalue weighted by Gasteiger charge is -2.12. The van der Waals surface area contributed by atoms with E-state index in [1.54, 1.807) is 36.4 Å². The van der Waals surface area contributed by atoms with Gasteiger partial charge in [-0.3, -0.25) is 9.52 Å². The minimum absolute atomic E-state index is 0.0574. The van der Waals surface area contributed by atoms with Gasteiger partial charge in [-0.25, -0.2) is 8.42 Å². The molecule has 3 aromatic carbocycles. The summed E-state index contributed by atoms with van der Waals surface area (Å²) in [4.78, 5) is 12.1. The van der Waals surface area contributed by atoms with Crippen molar-refractivity contribution in [2.24, 2.45) is 0 Å². The van der Waals surface area contributed by atoms with Gasteiger partial charge in [-0.2, -0.15) is 0 Å². The molecule has 150 valence electrons. The van der Waals surface area contributed by atoms with Gasteiger partial charge in [-0.05, 0) is 48.5 Å². The fraction of sp³-hybridized carbons (Fsp3) is 0.0952. The number of hydrogen-bond donors (Lipinski definition) is 2. The molecule has 3 aromatic rings. The van der Waals surface area contributed by atoms with Crippen LogP contribution in [0.3, 0.4) is 0 Å². The van der Waals surface area contributed by atoms with Crippen LogP contribution in [0, 0.1) is 0 Å². The average Bonchev–Trinajstić information content (AvgIpc) is 2.73. The molecule has 1 amide bonds. The number of para-hydroxylation sites is 3. The molecule has 29 heavy (non-hydrogen) atoms. The lowest BCUT2D eigenvalue weighted by molar-refractivity contribution is -0.118. The highest BCUT2D eigenvalue weighted by Gasteiger charge is 2.16. The molecule has 0 bridgehead atoms. The van der Waals surface area contributed by atoms with Crippen LogP contribution < -0.4 is 19.5 Å². The number of amides is 1. The van der Waals surface area contributed by atoms with Crippen molar-refractivity contribution in [3.63, 3.8) is 0 Å². The Hall–Kier alpha value is -3.52. The van der Waals surface area contributed by atoms with Gasteiger partial charge in [-0.15, -0.1) is 0 Å². The van der Waals surface area contributed by atoms with Crippen molar-refractivity contribution in [1.82, 2.24) is 0 Å². The normalized spacial score (nSPS) is 10.8. The number of carbonyl (C=O) groups excluding carboxylic acids is 1. The summed E-state index contributed by atoms with van der Waals surface area (Å²) in [6.45, 7) is -0.153. The second-order valence-corrected chi connectivity index (χ2v) is 7.66. The minimum atomic E-state index is -3.80. The Morgan fingerprint density at radius 2 is 1.55 bits per heavy atom. The number of benzene rings is 3. The van der Waals surface area contributed by atoms with E-state index < -0.39 is 10.0 Å². The van der Waals surface area contributed by atoms with E-state index in [4.69, 9.17) is 9.47 Å². The summed E-state index contributed by atoms with van der Waals surface area (Å²) in [5.74, 6) is 0.654. The van der Waals surface area contributed by atoms with E-state index in [2.05, 4.69) is 10.0 Å². The Labute approximate surface area is 169 Å². The first-order valence-corrected chi connectivity index (χ1v) is 10.2. The summed E-state index contributed by atoms with van der Waals surface area (Å²) in [5, 5.41) is 2.66. The van der Waals surface area contributed by atoms with Crippen molar-refractivity contribution in [2.45, 2.75) is 4.90 Å². The molecule has 0 unspecified atom stereocenters. The SMILES string of the molecule is COc1ccccc1NS(=O)(=O)c1ccc(NC(=O)COc2ccccc2)cc1. The number of sulfonamides is 1. The van der Waals surface area contributed by atoms with Crippen LogP contribution in [-0.4, -0.2) is 28.0 Å². The van der Waals surface area contributed by atoms with E-state index >= 15 is 0 Å². The van der Waals surface area contributed by atoms with Crippen LogP contribution >= 0.6 is 0 Å². The maximum Gasteiger partial charge on any atom is 0.262 e. The van der Waals surface area contributed by atoms with Gasteiger partial charge in [0, 0.05) is 5.69 Å². The highest BCUT2D eigenvalue weighted by Crippen LogP contribution is 2.26. The highest BCUT2D eigenvalue weighted by atomic mass is 32.2. The van der Waals surface area contributed by atoms with Crippen molar-refractivity contribution < 1.29 is 22.7 Å². The van der Waals surface area contributed by atoms with Crippen molar-refractivity contribution in [3.05, 3.63) is 78.9 Å². The smallest absolute Gasteiger partial charge is 0.262 e. The first kappa shape index (κ1) is 20.2. The lowest BCUT2D eigenvalue weighted by Crippen LogP contribution is -2.20. The third-order valence-corrected chi connectivity index (χ3v) is 5.29. The zero-order chi connectivity index (χ0) is 20.7. The van der Waals surface area contributed by atoms with E-state index in [1.807, 2.05) is 18.2 Å². The topological polar surface area (TPSA) is 93.7 Å². The summed E-state index contributed by atoms with van der Waals surface area (Å²) in [6, 6.07) is 21.5. The van der Waals surface area contributed by atoms with Gasteiger partial charge in [-0.1, -0.05) is 30.3 Å². The van der Waals surface area contributed by atoms with Crippen LogP contribution in [0.25, 0.3) is 0 Å². The Morgan fingerprint density at radius 3 is 2.24 bits per heavy atom. The summed E-state index contributed by atoms with van der Waals surface area (Å²) in [7, 11) is -2.34. The number of ether oxygens (including phenoxy) is 2. The Balaban J connectivity index is 1.62. The number of methoxy groups -OCH3 is 1. The highest BCUT2D eigenvalue weighted by molar-refractivity contribution is 7.92. The first-order chi connectivity index (χ1) is 14.0. The summed E-state index contributed by atoms with van der Waals surface area (Å²) >= 11 is 0. The average molecular weight is 412 g/mol. The van der Waals surface area contributed by atoms with E-state index in [-0.39, 0.29) is 17.4 Å². The monoisotopic (exact) mass is 412 g/mol. The molecule has 0 aliphatic carbocycles. The van der Waals surface area contributed by atoms with E-state index in [0.29, 0.717) is 22.9 Å². The second-order valence-electron chi connectivity index (χ2n) is 5.98. The Morgan fingerprint density at radius 1 is 0.897 bits per heavy atom. The molecule has 3 rings (SSSR count). The van der Waals surface area contributed by atoms with E-state index in [9.17, 15) is 13.2 Å². The third-order valence-electron chi connectivity index (χ3n) is 3.91. The quantitative estimate of drug-likeness (QED) is 0.591. The van der Waals surface area contributed by atoms with Crippen molar-refractivity contribution in [1.29, 1.82) is 0 Å². The maximum atomic E-state index is 12.6. The van der Waals surface area contributed by atoms with Crippen molar-refractivity contribution in [3.8, 4) is 11.5 Å². The van der Waals surface area contributed by atoms with E-state index in [0.717, 1.165) is 0 Å². The zero-order valence-electron chi connectivity index (χ0n) is 15.7. The molecule has 0 atom stereocenters. The van der Waals surface area contributed by atoms with Gasteiger partial charge >= 0.3 is 0 Å². The third kappa shape index (κ3) is 5.49. The van der Waals surface area contributed by atoms with Crippen LogP contribution in [-0.2, 0) is 14.8 Å². The predicted molar refractivity (Wildman–Crippen MR) is 111 cm³/mol. The molecule has 0 spiro atoms. The van der Waals surface area contributed by atoms with Gasteiger partial charge < -0.3 is 14.8 Å². The van der Waals surface area contributed by atoms with Gasteiger partial charge in [0.15, 0.2) is 6.61 Å². The van der Waals surface area contributed by atoms with Gasteiger partial charge in [0.1, 0.15) is 11.5 Å². The van der Waals surface area contributed by atoms with E-state index in [1.165, 1.54) is 31.4 Å². The van der Waals surface area contributed by atoms with Crippen LogP contribution in [0.1, 0.15) is 0 Å². The number of carbonyl (C=O) groups is 1. The molecule has 0 saturated carbocycles. The number of rotatable bonds is 8. The number of nitrogens with one attached hydrogen (secondary N) is 2. The second kappa shape index (κ2) is 9.11. The van der Waals surface area contributed by atoms with Gasteiger partial charge in [0.25, 0.3) is 15.9 Å². The zero-order valence-corrected chi connectivity index (χ0v) is 16.5. The molecule has 0 fully saturated rings. The Bertz CT molecular complexity index is 1070. The molecule has 0 heterocycles. The van der Waals surface area contributed by atoms with Crippen molar-refractivity contribution >= 4 is 27.3 Å². The number of hydrogen-bond acceptors (Lipinski definition) is 5. The lowest BCUT2D eigenvalue weighted by atomic mass is 10.3. The summed E-state index contributed by atoms with van der Waals surface area (Å²) in [5.41, 5.74) is 0.799. The summed E-state index contributed by atoms with van der Waals surface area (Å²) in [6.07, 6.45) is 0. The predicted octanol–water partition coefficient (Wildman–Crippen LogP) is 3.51. The Kier molecular flexibility index (Phi) is 6.36. The fourth-order valence-electron chi connectivity index (χ4n) is 2.51. The molecular formula is C21H20N2O5S. The molecule has 8 heteroatoms. The molecule has 0 aliphatic rings. The van der Waals surface area contributed by atoms with Crippen molar-refractivity contribution in [2.75, 3.05) is 23.8 Å². The number of anilines is 2. The van der Waals surface area contributed by atoms with Gasteiger partial charge in [0.2, 0.25) is 0 Å². The van der Waals surface area contributed by atoms with Crippen LogP contribution in [0.2, 0.25) is 0 Å². The summed E-state index contributed by atoms with van der Waals surface area (Å²) < 4.78 is 38.2. The molecule has 2 N–H and O–H groups in total. The van der Waals surface area contributed by atoms with Gasteiger partial charge in [0.05, 0.1) is 17.7 Å².